The van der Waals surface area contributed by atoms with Gasteiger partial charge < -0.3 is 14.7 Å². The Balaban J connectivity index is 1.28. The van der Waals surface area contributed by atoms with Crippen LogP contribution in [0.25, 0.3) is 0 Å². The van der Waals surface area contributed by atoms with Crippen LogP contribution in [0, 0.1) is 23.2 Å². The first kappa shape index (κ1) is 19.9. The summed E-state index contributed by atoms with van der Waals surface area (Å²) < 4.78 is 5.81. The second kappa shape index (κ2) is 7.61. The fourth-order valence-corrected chi connectivity index (χ4v) is 6.14. The summed E-state index contributed by atoms with van der Waals surface area (Å²) in [5.41, 5.74) is 1.05. The number of aliphatic hydroxyl groups excluding tert-OH is 1. The van der Waals surface area contributed by atoms with E-state index in [2.05, 4.69) is 39.7 Å². The molecule has 3 heterocycles. The van der Waals surface area contributed by atoms with Crippen LogP contribution in [-0.2, 0) is 9.53 Å². The van der Waals surface area contributed by atoms with Crippen molar-refractivity contribution in [3.05, 3.63) is 30.1 Å². The predicted molar refractivity (Wildman–Crippen MR) is 113 cm³/mol. The molecule has 2 saturated heterocycles. The minimum Gasteiger partial charge on any atom is -0.461 e. The first-order chi connectivity index (χ1) is 14.5. The van der Waals surface area contributed by atoms with E-state index in [1.165, 1.54) is 5.57 Å². The minimum atomic E-state index is -0.534. The Bertz CT molecular complexity index is 823. The number of rotatable bonds is 3. The van der Waals surface area contributed by atoms with E-state index in [9.17, 15) is 9.90 Å². The van der Waals surface area contributed by atoms with Gasteiger partial charge in [-0.15, -0.1) is 0 Å². The summed E-state index contributed by atoms with van der Waals surface area (Å²) in [5.74, 6) is 0.680. The molecule has 3 fully saturated rings. The first-order valence-corrected chi connectivity index (χ1v) is 11.3. The zero-order valence-corrected chi connectivity index (χ0v) is 17.9. The number of piperazine rings is 1. The fraction of sp³-hybridized carbons (Fsp3) is 0.696. The first-order valence-electron chi connectivity index (χ1n) is 11.3. The number of hydrogen-bond donors (Lipinski definition) is 1. The highest BCUT2D eigenvalue weighted by Crippen LogP contribution is 2.56. The Hall–Kier alpha value is -1.99. The van der Waals surface area contributed by atoms with Crippen molar-refractivity contribution in [2.45, 2.75) is 45.3 Å². The summed E-state index contributed by atoms with van der Waals surface area (Å²) in [6.45, 7) is 8.48. The Morgan fingerprint density at radius 2 is 1.97 bits per heavy atom. The number of esters is 1. The van der Waals surface area contributed by atoms with Crippen LogP contribution in [-0.4, -0.2) is 70.9 Å². The van der Waals surface area contributed by atoms with Crippen LogP contribution in [0.15, 0.2) is 30.1 Å². The van der Waals surface area contributed by atoms with Crippen molar-refractivity contribution in [1.82, 2.24) is 14.9 Å². The lowest BCUT2D eigenvalue weighted by atomic mass is 9.55. The maximum absolute atomic E-state index is 12.8. The average molecular weight is 413 g/mol. The van der Waals surface area contributed by atoms with Crippen molar-refractivity contribution in [1.29, 1.82) is 0 Å². The average Bonchev–Trinajstić information content (AvgIpc) is 3.07. The maximum atomic E-state index is 12.8. The fourth-order valence-electron chi connectivity index (χ4n) is 6.14. The molecule has 1 unspecified atom stereocenters. The number of aromatic nitrogens is 2. The molecule has 1 aromatic heterocycles. The van der Waals surface area contributed by atoms with Gasteiger partial charge in [-0.3, -0.25) is 9.69 Å². The van der Waals surface area contributed by atoms with Crippen LogP contribution in [0.1, 0.15) is 33.1 Å². The number of carbonyl (C=O) groups excluding carboxylic acids is 1. The molecule has 0 radical (unpaired) electrons. The molecule has 2 aliphatic carbocycles. The van der Waals surface area contributed by atoms with Gasteiger partial charge in [-0.1, -0.05) is 25.5 Å². The highest BCUT2D eigenvalue weighted by atomic mass is 16.6. The largest absolute Gasteiger partial charge is 0.461 e. The number of ether oxygens (including phenoxy) is 1. The van der Waals surface area contributed by atoms with Gasteiger partial charge in [-0.25, -0.2) is 9.97 Å². The lowest BCUT2D eigenvalue weighted by molar-refractivity contribution is -0.145. The Labute approximate surface area is 178 Å². The third-order valence-corrected chi connectivity index (χ3v) is 8.23. The van der Waals surface area contributed by atoms with Crippen molar-refractivity contribution in [2.24, 2.45) is 23.2 Å². The zero-order valence-electron chi connectivity index (χ0n) is 17.9. The third-order valence-electron chi connectivity index (χ3n) is 8.23. The quantitative estimate of drug-likeness (QED) is 0.600. The topological polar surface area (TPSA) is 78.8 Å². The molecule has 7 heteroatoms. The Morgan fingerprint density at radius 1 is 1.23 bits per heavy atom. The van der Waals surface area contributed by atoms with Gasteiger partial charge in [0.15, 0.2) is 0 Å². The third kappa shape index (κ3) is 3.14. The molecule has 4 aliphatic rings. The standard InChI is InChI=1S/C23H32N4O3/c1-15-5-3-6-16-13-18-19(20(28)23(15,16)2)17(21(29)30-18)14-26-9-11-27(12-10-26)22-24-7-4-8-25-22/h4,6-8,15,17-20,28H,3,5,9-14H2,1-2H3/t15-,17?,18+,19+,20-,23+/m0/s1. The molecule has 0 spiro atoms. The van der Waals surface area contributed by atoms with E-state index in [0.717, 1.165) is 51.4 Å². The lowest BCUT2D eigenvalue weighted by Gasteiger charge is -2.52. The van der Waals surface area contributed by atoms with Crippen molar-refractivity contribution >= 4 is 11.9 Å². The van der Waals surface area contributed by atoms with Gasteiger partial charge in [-0.2, -0.15) is 0 Å². The number of aliphatic hydroxyl groups is 1. The molecule has 30 heavy (non-hydrogen) atoms. The second-order valence-corrected chi connectivity index (χ2v) is 9.64. The molecule has 2 aliphatic heterocycles. The summed E-state index contributed by atoms with van der Waals surface area (Å²) >= 11 is 0. The molecule has 5 rings (SSSR count). The number of allylic oxidation sites excluding steroid dienone is 1. The van der Waals surface area contributed by atoms with Gasteiger partial charge in [0.2, 0.25) is 5.95 Å². The van der Waals surface area contributed by atoms with Gasteiger partial charge >= 0.3 is 5.97 Å². The molecule has 0 amide bonds. The number of anilines is 1. The van der Waals surface area contributed by atoms with Crippen molar-refractivity contribution in [2.75, 3.05) is 37.6 Å². The second-order valence-electron chi connectivity index (χ2n) is 9.64. The van der Waals surface area contributed by atoms with E-state index < -0.39 is 6.10 Å². The molecular weight excluding hydrogens is 380 g/mol. The molecule has 6 atom stereocenters. The number of nitrogens with zero attached hydrogens (tertiary/aromatic N) is 4. The number of fused-ring (bicyclic) bond motifs is 2. The van der Waals surface area contributed by atoms with E-state index in [1.807, 2.05) is 6.07 Å². The van der Waals surface area contributed by atoms with E-state index in [1.54, 1.807) is 12.4 Å². The van der Waals surface area contributed by atoms with Crippen molar-refractivity contribution in [3.8, 4) is 0 Å². The van der Waals surface area contributed by atoms with E-state index in [4.69, 9.17) is 4.74 Å². The highest BCUT2D eigenvalue weighted by molar-refractivity contribution is 5.76. The summed E-state index contributed by atoms with van der Waals surface area (Å²) in [6, 6.07) is 1.83. The van der Waals surface area contributed by atoms with Crippen LogP contribution >= 0.6 is 0 Å². The lowest BCUT2D eigenvalue weighted by Crippen LogP contribution is -2.55. The maximum Gasteiger partial charge on any atom is 0.311 e. The summed E-state index contributed by atoms with van der Waals surface area (Å²) in [7, 11) is 0. The van der Waals surface area contributed by atoms with E-state index in [0.29, 0.717) is 12.5 Å². The summed E-state index contributed by atoms with van der Waals surface area (Å²) in [4.78, 5) is 26.0. The molecule has 0 aromatic carbocycles. The molecule has 0 bridgehead atoms. The molecule has 162 valence electrons. The molecule has 1 saturated carbocycles. The van der Waals surface area contributed by atoms with Crippen LogP contribution < -0.4 is 4.90 Å². The highest BCUT2D eigenvalue weighted by Gasteiger charge is 2.59. The van der Waals surface area contributed by atoms with Crippen LogP contribution in [0.3, 0.4) is 0 Å². The molecule has 1 N–H and O–H groups in total. The number of hydrogen-bond acceptors (Lipinski definition) is 7. The van der Waals surface area contributed by atoms with E-state index in [-0.39, 0.29) is 29.3 Å². The summed E-state index contributed by atoms with van der Waals surface area (Å²) in [5, 5.41) is 11.5. The number of carbonyl (C=O) groups is 1. The van der Waals surface area contributed by atoms with Gasteiger partial charge in [0.05, 0.1) is 12.0 Å². The zero-order chi connectivity index (χ0) is 20.9. The van der Waals surface area contributed by atoms with Gasteiger partial charge in [0.25, 0.3) is 0 Å². The predicted octanol–water partition coefficient (Wildman–Crippen LogP) is 1.88. The van der Waals surface area contributed by atoms with Gasteiger partial charge in [-0.05, 0) is 24.8 Å². The monoisotopic (exact) mass is 412 g/mol. The Kier molecular flexibility index (Phi) is 5.06. The molecule has 1 aromatic rings. The van der Waals surface area contributed by atoms with Gasteiger partial charge in [0.1, 0.15) is 6.10 Å². The van der Waals surface area contributed by atoms with Crippen molar-refractivity contribution in [3.63, 3.8) is 0 Å². The molecule has 7 nitrogen and oxygen atoms in total. The van der Waals surface area contributed by atoms with Crippen LogP contribution in [0.5, 0.6) is 0 Å². The summed E-state index contributed by atoms with van der Waals surface area (Å²) in [6.07, 6.45) is 8.04. The Morgan fingerprint density at radius 3 is 2.70 bits per heavy atom. The minimum absolute atomic E-state index is 0.115. The smallest absolute Gasteiger partial charge is 0.311 e. The SMILES string of the molecule is C[C@H]1CCC=C2C[C@H]3OC(=O)C(CN4CCN(c5ncccn5)CC4)[C@H]3[C@H](O)[C@@]21C. The normalized spacial score (nSPS) is 39.2. The van der Waals surface area contributed by atoms with Crippen LogP contribution in [0.4, 0.5) is 5.95 Å². The molecular formula is C23H32N4O3. The van der Waals surface area contributed by atoms with Gasteiger partial charge in [0, 0.05) is 62.9 Å². The van der Waals surface area contributed by atoms with Crippen LogP contribution in [0.2, 0.25) is 0 Å². The van der Waals surface area contributed by atoms with Crippen molar-refractivity contribution < 1.29 is 14.6 Å². The van der Waals surface area contributed by atoms with E-state index >= 15 is 0 Å².